The lowest BCUT2D eigenvalue weighted by atomic mass is 10.0. The Bertz CT molecular complexity index is 1040. The Balaban J connectivity index is 1.40. The van der Waals surface area contributed by atoms with E-state index in [1.54, 1.807) is 17.0 Å². The normalized spacial score (nSPS) is 21.6. The molecule has 0 spiro atoms. The van der Waals surface area contributed by atoms with Crippen molar-refractivity contribution >= 4 is 29.3 Å². The third-order valence-corrected chi connectivity index (χ3v) is 5.48. The third-order valence-electron chi connectivity index (χ3n) is 5.24. The largest absolute Gasteiger partial charge is 0.331 e. The Labute approximate surface area is 170 Å². The molecule has 2 N–H and O–H groups in total. The molecule has 150 valence electrons. The minimum absolute atomic E-state index is 0.0738. The van der Waals surface area contributed by atoms with E-state index < -0.39 is 18.0 Å². The van der Waals surface area contributed by atoms with Crippen molar-refractivity contribution in [2.45, 2.75) is 37.4 Å². The highest BCUT2D eigenvalue weighted by Crippen LogP contribution is 2.40. The van der Waals surface area contributed by atoms with E-state index in [1.807, 2.05) is 6.07 Å². The third kappa shape index (κ3) is 3.74. The van der Waals surface area contributed by atoms with E-state index in [-0.39, 0.29) is 18.9 Å². The topological polar surface area (TPSA) is 82.6 Å². The zero-order valence-corrected chi connectivity index (χ0v) is 16.1. The van der Waals surface area contributed by atoms with Gasteiger partial charge in [0.2, 0.25) is 11.9 Å². The molecule has 7 nitrogen and oxygen atoms in total. The zero-order chi connectivity index (χ0) is 20.0. The number of hydrogen-bond donors (Lipinski definition) is 2. The van der Waals surface area contributed by atoms with Gasteiger partial charge in [-0.1, -0.05) is 17.7 Å². The number of nitrogens with one attached hydrogen (secondary N) is 2. The standard InChI is InChI=1S/C19H18ClF2N7/c20-11-3-4-13(14(22)5-11)16-6-12(21)8-29(16)19-24-9-23-18(26-19)25-17-7-15(27-28-17)10-1-2-10/h3-5,7,9-10,12,16H,1-2,6,8H2,(H2,23,24,25,26,27,28). The van der Waals surface area contributed by atoms with E-state index >= 15 is 0 Å². The molecule has 2 aliphatic rings. The Kier molecular flexibility index (Phi) is 4.54. The van der Waals surface area contributed by atoms with Crippen molar-refractivity contribution in [1.82, 2.24) is 25.1 Å². The van der Waals surface area contributed by atoms with Crippen LogP contribution < -0.4 is 10.2 Å². The first-order chi connectivity index (χ1) is 14.1. The average Bonchev–Trinajstić information content (AvgIpc) is 3.32. The lowest BCUT2D eigenvalue weighted by molar-refractivity contribution is 0.356. The highest BCUT2D eigenvalue weighted by atomic mass is 35.5. The van der Waals surface area contributed by atoms with Crippen LogP contribution in [0.1, 0.15) is 42.5 Å². The Morgan fingerprint density at radius 2 is 2.07 bits per heavy atom. The molecule has 29 heavy (non-hydrogen) atoms. The lowest BCUT2D eigenvalue weighted by Crippen LogP contribution is -2.26. The van der Waals surface area contributed by atoms with Crippen LogP contribution in [-0.4, -0.2) is 37.9 Å². The van der Waals surface area contributed by atoms with Crippen LogP contribution in [0, 0.1) is 5.82 Å². The van der Waals surface area contributed by atoms with Crippen LogP contribution in [0.25, 0.3) is 0 Å². The molecule has 2 unspecified atom stereocenters. The summed E-state index contributed by atoms with van der Waals surface area (Å²) in [6, 6.07) is 5.82. The Hall–Kier alpha value is -2.81. The zero-order valence-electron chi connectivity index (χ0n) is 15.3. The maximum Gasteiger partial charge on any atom is 0.233 e. The van der Waals surface area contributed by atoms with Gasteiger partial charge in [-0.05, 0) is 25.0 Å². The number of hydrogen-bond acceptors (Lipinski definition) is 6. The smallest absolute Gasteiger partial charge is 0.233 e. The second kappa shape index (κ2) is 7.22. The number of aromatic nitrogens is 5. The predicted molar refractivity (Wildman–Crippen MR) is 105 cm³/mol. The molecule has 1 saturated heterocycles. The van der Waals surface area contributed by atoms with Crippen molar-refractivity contribution in [2.75, 3.05) is 16.8 Å². The van der Waals surface area contributed by atoms with Crippen LogP contribution in [0.5, 0.6) is 0 Å². The van der Waals surface area contributed by atoms with Crippen LogP contribution in [-0.2, 0) is 0 Å². The number of rotatable bonds is 5. The first-order valence-electron chi connectivity index (χ1n) is 9.44. The van der Waals surface area contributed by atoms with Gasteiger partial charge in [-0.2, -0.15) is 10.1 Å². The molecule has 2 aromatic heterocycles. The van der Waals surface area contributed by atoms with E-state index in [0.717, 1.165) is 5.69 Å². The first kappa shape index (κ1) is 18.2. The summed E-state index contributed by atoms with van der Waals surface area (Å²) in [5.41, 5.74) is 1.45. The van der Waals surface area contributed by atoms with Crippen LogP contribution in [0.4, 0.5) is 26.5 Å². The summed E-state index contributed by atoms with van der Waals surface area (Å²) in [5, 5.41) is 10.6. The molecule has 10 heteroatoms. The number of nitrogens with zero attached hydrogens (tertiary/aromatic N) is 5. The van der Waals surface area contributed by atoms with Crippen LogP contribution in [0.3, 0.4) is 0 Å². The number of anilines is 3. The Morgan fingerprint density at radius 3 is 2.86 bits per heavy atom. The van der Waals surface area contributed by atoms with Crippen LogP contribution >= 0.6 is 11.6 Å². The van der Waals surface area contributed by atoms with Gasteiger partial charge in [-0.3, -0.25) is 5.10 Å². The molecule has 2 fully saturated rings. The highest BCUT2D eigenvalue weighted by molar-refractivity contribution is 6.30. The summed E-state index contributed by atoms with van der Waals surface area (Å²) in [6.45, 7) is 0.0738. The summed E-state index contributed by atoms with van der Waals surface area (Å²) in [5.74, 6) is 1.25. The van der Waals surface area contributed by atoms with Crippen molar-refractivity contribution in [2.24, 2.45) is 0 Å². The van der Waals surface area contributed by atoms with Crippen molar-refractivity contribution in [3.63, 3.8) is 0 Å². The van der Waals surface area contributed by atoms with Gasteiger partial charge in [-0.25, -0.2) is 18.7 Å². The molecule has 5 rings (SSSR count). The minimum Gasteiger partial charge on any atom is -0.331 e. The molecule has 1 aliphatic carbocycles. The molecular weight excluding hydrogens is 400 g/mol. The van der Waals surface area contributed by atoms with Crippen molar-refractivity contribution in [3.8, 4) is 0 Å². The molecule has 0 amide bonds. The second-order valence-corrected chi connectivity index (χ2v) is 7.82. The molecule has 1 aliphatic heterocycles. The molecule has 1 saturated carbocycles. The summed E-state index contributed by atoms with van der Waals surface area (Å²) in [7, 11) is 0. The maximum absolute atomic E-state index is 14.4. The fraction of sp³-hybridized carbons (Fsp3) is 0.368. The maximum atomic E-state index is 14.4. The first-order valence-corrected chi connectivity index (χ1v) is 9.81. The van der Waals surface area contributed by atoms with E-state index in [1.165, 1.54) is 25.2 Å². The minimum atomic E-state index is -1.12. The summed E-state index contributed by atoms with van der Waals surface area (Å²) < 4.78 is 28.7. The molecule has 0 bridgehead atoms. The van der Waals surface area contributed by atoms with Gasteiger partial charge in [0, 0.05) is 34.7 Å². The molecule has 3 aromatic rings. The quantitative estimate of drug-likeness (QED) is 0.644. The van der Waals surface area contributed by atoms with E-state index in [4.69, 9.17) is 11.6 Å². The summed E-state index contributed by atoms with van der Waals surface area (Å²) >= 11 is 5.85. The van der Waals surface area contributed by atoms with Gasteiger partial charge in [0.05, 0.1) is 12.6 Å². The summed E-state index contributed by atoms with van der Waals surface area (Å²) in [4.78, 5) is 14.4. The molecular formula is C19H18ClF2N7. The van der Waals surface area contributed by atoms with Gasteiger partial charge in [0.15, 0.2) is 5.82 Å². The Morgan fingerprint density at radius 1 is 1.21 bits per heavy atom. The van der Waals surface area contributed by atoms with Crippen molar-refractivity contribution < 1.29 is 8.78 Å². The van der Waals surface area contributed by atoms with Gasteiger partial charge in [-0.15, -0.1) is 0 Å². The SMILES string of the molecule is Fc1cc(Cl)ccc1C1CC(F)CN1c1ncnc(Nc2cc(C3CC3)[nH]n2)n1. The van der Waals surface area contributed by atoms with E-state index in [0.29, 0.717) is 28.3 Å². The second-order valence-electron chi connectivity index (χ2n) is 7.38. The molecule has 1 aromatic carbocycles. The summed E-state index contributed by atoms with van der Waals surface area (Å²) in [6.07, 6.45) is 2.71. The molecule has 2 atom stereocenters. The highest BCUT2D eigenvalue weighted by Gasteiger charge is 2.36. The van der Waals surface area contributed by atoms with Gasteiger partial charge in [0.25, 0.3) is 0 Å². The van der Waals surface area contributed by atoms with Crippen LogP contribution in [0.2, 0.25) is 5.02 Å². The van der Waals surface area contributed by atoms with Crippen LogP contribution in [0.15, 0.2) is 30.6 Å². The van der Waals surface area contributed by atoms with Gasteiger partial charge < -0.3 is 10.2 Å². The number of H-pyrrole nitrogens is 1. The molecule has 0 radical (unpaired) electrons. The van der Waals surface area contributed by atoms with Gasteiger partial charge in [0.1, 0.15) is 18.3 Å². The van der Waals surface area contributed by atoms with Crippen molar-refractivity contribution in [1.29, 1.82) is 0 Å². The van der Waals surface area contributed by atoms with Gasteiger partial charge >= 0.3 is 0 Å². The predicted octanol–water partition coefficient (Wildman–Crippen LogP) is 4.30. The number of aromatic amines is 1. The average molecular weight is 418 g/mol. The monoisotopic (exact) mass is 417 g/mol. The number of alkyl halides is 1. The lowest BCUT2D eigenvalue weighted by Gasteiger charge is -2.25. The molecule has 3 heterocycles. The van der Waals surface area contributed by atoms with E-state index in [2.05, 4.69) is 30.5 Å². The fourth-order valence-corrected chi connectivity index (χ4v) is 3.84. The number of benzene rings is 1. The van der Waals surface area contributed by atoms with E-state index in [9.17, 15) is 8.78 Å². The fourth-order valence-electron chi connectivity index (χ4n) is 3.68. The van der Waals surface area contributed by atoms with Crippen molar-refractivity contribution in [3.05, 3.63) is 52.7 Å². The number of halogens is 3.